The van der Waals surface area contributed by atoms with Gasteiger partial charge < -0.3 is 25.0 Å². The normalized spacial score (nSPS) is 14.5. The highest BCUT2D eigenvalue weighted by atomic mass is 35.5. The molecule has 2 aromatic heterocycles. The van der Waals surface area contributed by atoms with E-state index in [9.17, 15) is 10.4 Å². The third-order valence-electron chi connectivity index (χ3n) is 6.10. The Hall–Kier alpha value is -3.03. The number of nitrogens with zero attached hydrogens (tertiary/aromatic N) is 5. The summed E-state index contributed by atoms with van der Waals surface area (Å²) in [6.45, 7) is 7.93. The van der Waals surface area contributed by atoms with E-state index in [0.717, 1.165) is 37.1 Å². The fourth-order valence-electron chi connectivity index (χ4n) is 4.34. The maximum atomic E-state index is 9.80. The van der Waals surface area contributed by atoms with Crippen molar-refractivity contribution in [3.63, 3.8) is 0 Å². The predicted octanol–water partition coefficient (Wildman–Crippen LogP) is 2.97. The van der Waals surface area contributed by atoms with Gasteiger partial charge in [0.2, 0.25) is 5.82 Å². The molecule has 0 amide bonds. The minimum Gasteiger partial charge on any atom is -0.394 e. The van der Waals surface area contributed by atoms with E-state index in [0.29, 0.717) is 35.2 Å². The largest absolute Gasteiger partial charge is 0.394 e. The molecule has 0 unspecified atom stereocenters. The number of anilines is 1. The van der Waals surface area contributed by atoms with E-state index in [-0.39, 0.29) is 25.1 Å². The Morgan fingerprint density at radius 1 is 1.26 bits per heavy atom. The fraction of sp³-hybridized carbons (Fsp3) is 0.440. The minimum absolute atomic E-state index is 0. The molecule has 0 spiro atoms. The van der Waals surface area contributed by atoms with Crippen LogP contribution >= 0.6 is 12.4 Å². The Morgan fingerprint density at radius 3 is 2.74 bits per heavy atom. The van der Waals surface area contributed by atoms with E-state index in [1.54, 1.807) is 12.3 Å². The van der Waals surface area contributed by atoms with E-state index >= 15 is 0 Å². The van der Waals surface area contributed by atoms with Gasteiger partial charge in [-0.1, -0.05) is 17.3 Å². The molecule has 0 saturated carbocycles. The third kappa shape index (κ3) is 5.97. The van der Waals surface area contributed by atoms with Crippen LogP contribution in [0.15, 0.2) is 28.9 Å². The first kappa shape index (κ1) is 26.6. The number of aliphatic hydroxyl groups is 2. The summed E-state index contributed by atoms with van der Waals surface area (Å²) in [7, 11) is 0. The molecule has 9 nitrogen and oxygen atoms in total. The Bertz CT molecular complexity index is 1210. The summed E-state index contributed by atoms with van der Waals surface area (Å²) < 4.78 is 5.53. The minimum atomic E-state index is -0.720. The van der Waals surface area contributed by atoms with Crippen LogP contribution in [0.1, 0.15) is 36.1 Å². The fourth-order valence-corrected chi connectivity index (χ4v) is 4.34. The number of nitrogens with one attached hydrogen (secondary N) is 1. The molecule has 0 saturated heterocycles. The van der Waals surface area contributed by atoms with Gasteiger partial charge in [0.25, 0.3) is 5.89 Å². The van der Waals surface area contributed by atoms with Crippen molar-refractivity contribution in [1.29, 1.82) is 5.26 Å². The van der Waals surface area contributed by atoms with Crippen molar-refractivity contribution in [2.24, 2.45) is 0 Å². The molecule has 0 fully saturated rings. The lowest BCUT2D eigenvalue weighted by Crippen LogP contribution is -2.36. The molecule has 1 aromatic carbocycles. The van der Waals surface area contributed by atoms with Crippen LogP contribution < -0.4 is 5.32 Å². The van der Waals surface area contributed by atoms with Crippen molar-refractivity contribution in [3.05, 3.63) is 46.6 Å². The average Bonchev–Trinajstić information content (AvgIpc) is 3.22. The Balaban J connectivity index is 0.00000342. The van der Waals surface area contributed by atoms with Crippen LogP contribution in [-0.2, 0) is 12.8 Å². The third-order valence-corrected chi connectivity index (χ3v) is 6.10. The van der Waals surface area contributed by atoms with Crippen LogP contribution in [0.25, 0.3) is 22.8 Å². The SMILES string of the molecule is Cc1c(-c2noc(-c3cnc(NC(C)C)c(C#N)c3)n2)ccc2c1CCN(C[C@@H](O)CO)CC2.Cl. The van der Waals surface area contributed by atoms with E-state index in [2.05, 4.69) is 44.4 Å². The molecule has 3 aromatic rings. The maximum absolute atomic E-state index is 9.80. The van der Waals surface area contributed by atoms with Gasteiger partial charge in [-0.15, -0.1) is 12.4 Å². The van der Waals surface area contributed by atoms with Crippen LogP contribution in [0.5, 0.6) is 0 Å². The van der Waals surface area contributed by atoms with Crippen LogP contribution in [0.2, 0.25) is 0 Å². The number of hydrogen-bond donors (Lipinski definition) is 3. The predicted molar refractivity (Wildman–Crippen MR) is 135 cm³/mol. The van der Waals surface area contributed by atoms with E-state index in [1.807, 2.05) is 19.9 Å². The molecule has 3 N–H and O–H groups in total. The topological polar surface area (TPSA) is 131 Å². The maximum Gasteiger partial charge on any atom is 0.259 e. The van der Waals surface area contributed by atoms with Crippen molar-refractivity contribution in [2.45, 2.75) is 45.8 Å². The summed E-state index contributed by atoms with van der Waals surface area (Å²) in [5, 5.41) is 35.8. The lowest BCUT2D eigenvalue weighted by molar-refractivity contribution is 0.0604. The van der Waals surface area contributed by atoms with Gasteiger partial charge in [-0.3, -0.25) is 0 Å². The lowest BCUT2D eigenvalue weighted by Gasteiger charge is -2.21. The molecule has 186 valence electrons. The van der Waals surface area contributed by atoms with Crippen molar-refractivity contribution in [3.8, 4) is 28.9 Å². The van der Waals surface area contributed by atoms with Crippen LogP contribution in [0.3, 0.4) is 0 Å². The second-order valence-electron chi connectivity index (χ2n) is 8.97. The number of halogens is 1. The van der Waals surface area contributed by atoms with Gasteiger partial charge in [0.05, 0.1) is 23.8 Å². The first-order valence-electron chi connectivity index (χ1n) is 11.5. The van der Waals surface area contributed by atoms with Crippen molar-refractivity contribution < 1.29 is 14.7 Å². The zero-order valence-corrected chi connectivity index (χ0v) is 21.0. The molecule has 0 radical (unpaired) electrons. The highest BCUT2D eigenvalue weighted by Crippen LogP contribution is 2.30. The quantitative estimate of drug-likeness (QED) is 0.449. The van der Waals surface area contributed by atoms with Crippen LogP contribution in [0, 0.1) is 18.3 Å². The summed E-state index contributed by atoms with van der Waals surface area (Å²) in [6, 6.07) is 8.16. The van der Waals surface area contributed by atoms with E-state index in [4.69, 9.17) is 9.63 Å². The number of aliphatic hydroxyl groups excluding tert-OH is 2. The zero-order valence-electron chi connectivity index (χ0n) is 20.2. The molecule has 3 heterocycles. The number of fused-ring (bicyclic) bond motifs is 1. The highest BCUT2D eigenvalue weighted by Gasteiger charge is 2.21. The number of aromatic nitrogens is 3. The van der Waals surface area contributed by atoms with Crippen molar-refractivity contribution >= 4 is 18.2 Å². The first-order chi connectivity index (χ1) is 16.4. The summed E-state index contributed by atoms with van der Waals surface area (Å²) >= 11 is 0. The first-order valence-corrected chi connectivity index (χ1v) is 11.5. The molecular weight excluding hydrogens is 468 g/mol. The van der Waals surface area contributed by atoms with Crippen LogP contribution in [0.4, 0.5) is 5.82 Å². The Morgan fingerprint density at radius 2 is 2.03 bits per heavy atom. The number of rotatable bonds is 7. The monoisotopic (exact) mass is 498 g/mol. The standard InChI is InChI=1S/C25H30N6O3.ClH/c1-15(2)28-23-18(11-26)10-19(12-27-23)25-29-24(30-34-25)22-5-4-17-6-8-31(13-20(33)14-32)9-7-21(17)16(22)3;/h4-5,10,12,15,20,32-33H,6-9,13-14H2,1-3H3,(H,27,28);1H/t20-;/m1./s1. The summed E-state index contributed by atoms with van der Waals surface area (Å²) in [5.41, 5.74) is 5.58. The molecule has 0 bridgehead atoms. The van der Waals surface area contributed by atoms with Gasteiger partial charge in [-0.2, -0.15) is 10.2 Å². The summed E-state index contributed by atoms with van der Waals surface area (Å²) in [5.74, 6) is 1.34. The van der Waals surface area contributed by atoms with Crippen LogP contribution in [-0.4, -0.2) is 68.6 Å². The summed E-state index contributed by atoms with van der Waals surface area (Å²) in [4.78, 5) is 11.1. The Labute approximate surface area is 211 Å². The van der Waals surface area contributed by atoms with E-state index in [1.165, 1.54) is 11.1 Å². The van der Waals surface area contributed by atoms with Gasteiger partial charge in [-0.05, 0) is 56.4 Å². The summed E-state index contributed by atoms with van der Waals surface area (Å²) in [6.07, 6.45) is 2.63. The van der Waals surface area contributed by atoms with Gasteiger partial charge >= 0.3 is 0 Å². The molecule has 35 heavy (non-hydrogen) atoms. The number of pyridine rings is 1. The molecule has 1 atom stereocenters. The smallest absolute Gasteiger partial charge is 0.259 e. The molecule has 10 heteroatoms. The zero-order chi connectivity index (χ0) is 24.2. The molecular formula is C25H31ClN6O3. The molecule has 1 aliphatic rings. The van der Waals surface area contributed by atoms with Gasteiger partial charge in [0.15, 0.2) is 0 Å². The molecule has 1 aliphatic heterocycles. The second kappa shape index (κ2) is 11.6. The number of β-amino-alcohol motifs (C(OH)–C–C–N with tert-alkyl or cyclic N) is 1. The average molecular weight is 499 g/mol. The van der Waals surface area contributed by atoms with Crippen molar-refractivity contribution in [2.75, 3.05) is 31.6 Å². The van der Waals surface area contributed by atoms with Crippen molar-refractivity contribution in [1.82, 2.24) is 20.0 Å². The van der Waals surface area contributed by atoms with Gasteiger partial charge in [-0.25, -0.2) is 4.98 Å². The Kier molecular flexibility index (Phi) is 8.81. The number of benzene rings is 1. The lowest BCUT2D eigenvalue weighted by atomic mass is 9.93. The molecule has 0 aliphatic carbocycles. The van der Waals surface area contributed by atoms with Gasteiger partial charge in [0.1, 0.15) is 11.9 Å². The second-order valence-corrected chi connectivity index (χ2v) is 8.97. The highest BCUT2D eigenvalue weighted by molar-refractivity contribution is 5.85. The van der Waals surface area contributed by atoms with E-state index < -0.39 is 6.10 Å². The molecule has 4 rings (SSSR count). The number of hydrogen-bond acceptors (Lipinski definition) is 9. The number of nitriles is 1. The van der Waals surface area contributed by atoms with Gasteiger partial charge in [0, 0.05) is 37.4 Å².